The zero-order valence-corrected chi connectivity index (χ0v) is 17.4. The van der Waals surface area contributed by atoms with E-state index >= 15 is 0 Å². The topological polar surface area (TPSA) is 76.1 Å². The molecule has 0 aliphatic carbocycles. The zero-order valence-electron chi connectivity index (χ0n) is 17.4. The quantitative estimate of drug-likeness (QED) is 0.572. The van der Waals surface area contributed by atoms with Gasteiger partial charge in [-0.2, -0.15) is 4.98 Å². The third-order valence-corrected chi connectivity index (χ3v) is 4.46. The fraction of sp³-hybridized carbons (Fsp3) is 0.261. The molecule has 0 saturated carbocycles. The molecule has 0 fully saturated rings. The number of benzene rings is 2. The monoisotopic (exact) mass is 390 g/mol. The predicted octanol–water partition coefficient (Wildman–Crippen LogP) is 5.36. The molecule has 0 aliphatic rings. The number of aromatic nitrogens is 2. The molecule has 0 bridgehead atoms. The standard InChI is InChI=1S/C23H26N4O2/c1-15-14-20(26-19-9-7-6-8-18(19)21(28)29-5)27-22(24-15)25-17-12-10-16(11-13-17)23(2,3)4/h6-14H,1-5H3,(H2,24,25,26,27). The molecule has 6 heteroatoms. The van der Waals surface area contributed by atoms with Gasteiger partial charge in [0.1, 0.15) is 5.82 Å². The fourth-order valence-electron chi connectivity index (χ4n) is 2.89. The van der Waals surface area contributed by atoms with Crippen LogP contribution in [-0.4, -0.2) is 23.0 Å². The van der Waals surface area contributed by atoms with Crippen LogP contribution in [0.1, 0.15) is 42.4 Å². The molecule has 0 radical (unpaired) electrons. The molecule has 150 valence electrons. The number of carbonyl (C=O) groups is 1. The molecule has 0 spiro atoms. The lowest BCUT2D eigenvalue weighted by Crippen LogP contribution is -2.10. The molecule has 3 aromatic rings. The zero-order chi connectivity index (χ0) is 21.0. The number of nitrogens with zero attached hydrogens (tertiary/aromatic N) is 2. The highest BCUT2D eigenvalue weighted by atomic mass is 16.5. The van der Waals surface area contributed by atoms with E-state index in [0.29, 0.717) is 23.0 Å². The maximum absolute atomic E-state index is 12.0. The Morgan fingerprint density at radius 3 is 2.31 bits per heavy atom. The second kappa shape index (κ2) is 8.31. The molecule has 6 nitrogen and oxygen atoms in total. The third kappa shape index (κ3) is 5.10. The molecule has 2 N–H and O–H groups in total. The van der Waals surface area contributed by atoms with Crippen molar-refractivity contribution < 1.29 is 9.53 Å². The molecule has 2 aromatic carbocycles. The number of rotatable bonds is 5. The normalized spacial score (nSPS) is 11.1. The van der Waals surface area contributed by atoms with Gasteiger partial charge in [0, 0.05) is 17.4 Å². The van der Waals surface area contributed by atoms with Gasteiger partial charge >= 0.3 is 5.97 Å². The lowest BCUT2D eigenvalue weighted by molar-refractivity contribution is 0.0602. The van der Waals surface area contributed by atoms with Crippen LogP contribution < -0.4 is 10.6 Å². The van der Waals surface area contributed by atoms with Crippen LogP contribution in [0.5, 0.6) is 0 Å². The van der Waals surface area contributed by atoms with Gasteiger partial charge in [-0.15, -0.1) is 0 Å². The van der Waals surface area contributed by atoms with Gasteiger partial charge < -0.3 is 15.4 Å². The largest absolute Gasteiger partial charge is 0.465 e. The van der Waals surface area contributed by atoms with Crippen LogP contribution in [0.2, 0.25) is 0 Å². The highest BCUT2D eigenvalue weighted by molar-refractivity contribution is 5.96. The number of nitrogens with one attached hydrogen (secondary N) is 2. The van der Waals surface area contributed by atoms with E-state index in [1.165, 1.54) is 12.7 Å². The highest BCUT2D eigenvalue weighted by Gasteiger charge is 2.14. The third-order valence-electron chi connectivity index (χ3n) is 4.46. The maximum Gasteiger partial charge on any atom is 0.339 e. The lowest BCUT2D eigenvalue weighted by Gasteiger charge is -2.19. The number of methoxy groups -OCH3 is 1. The average Bonchev–Trinajstić information content (AvgIpc) is 2.67. The van der Waals surface area contributed by atoms with Crippen molar-refractivity contribution in [1.82, 2.24) is 9.97 Å². The van der Waals surface area contributed by atoms with E-state index in [1.54, 1.807) is 12.1 Å². The molecule has 29 heavy (non-hydrogen) atoms. The fourth-order valence-corrected chi connectivity index (χ4v) is 2.89. The highest BCUT2D eigenvalue weighted by Crippen LogP contribution is 2.25. The van der Waals surface area contributed by atoms with Crippen LogP contribution in [-0.2, 0) is 10.2 Å². The van der Waals surface area contributed by atoms with Crippen molar-refractivity contribution in [3.8, 4) is 0 Å². The molecule has 0 saturated heterocycles. The Morgan fingerprint density at radius 2 is 1.66 bits per heavy atom. The van der Waals surface area contributed by atoms with Crippen LogP contribution >= 0.6 is 0 Å². The number of ether oxygens (including phenoxy) is 1. The van der Waals surface area contributed by atoms with Gasteiger partial charge in [-0.1, -0.05) is 45.0 Å². The van der Waals surface area contributed by atoms with E-state index in [0.717, 1.165) is 11.4 Å². The van der Waals surface area contributed by atoms with Gasteiger partial charge in [-0.25, -0.2) is 9.78 Å². The van der Waals surface area contributed by atoms with Crippen LogP contribution in [0.3, 0.4) is 0 Å². The van der Waals surface area contributed by atoms with Crippen molar-refractivity contribution in [3.63, 3.8) is 0 Å². The minimum atomic E-state index is -0.406. The average molecular weight is 390 g/mol. The lowest BCUT2D eigenvalue weighted by atomic mass is 9.87. The summed E-state index contributed by atoms with van der Waals surface area (Å²) in [5.41, 5.74) is 4.13. The molecule has 0 atom stereocenters. The molecular formula is C23H26N4O2. The van der Waals surface area contributed by atoms with E-state index < -0.39 is 5.97 Å². The van der Waals surface area contributed by atoms with Gasteiger partial charge in [0.25, 0.3) is 0 Å². The Hall–Kier alpha value is -3.41. The first-order chi connectivity index (χ1) is 13.8. The van der Waals surface area contributed by atoms with E-state index in [9.17, 15) is 4.79 Å². The summed E-state index contributed by atoms with van der Waals surface area (Å²) >= 11 is 0. The number of para-hydroxylation sites is 1. The second-order valence-corrected chi connectivity index (χ2v) is 7.83. The second-order valence-electron chi connectivity index (χ2n) is 7.83. The number of hydrogen-bond donors (Lipinski definition) is 2. The minimum absolute atomic E-state index is 0.0997. The van der Waals surface area contributed by atoms with E-state index in [-0.39, 0.29) is 5.41 Å². The molecule has 0 aliphatic heterocycles. The summed E-state index contributed by atoms with van der Waals surface area (Å²) in [4.78, 5) is 21.0. The summed E-state index contributed by atoms with van der Waals surface area (Å²) < 4.78 is 4.85. The van der Waals surface area contributed by atoms with Crippen molar-refractivity contribution in [2.45, 2.75) is 33.1 Å². The van der Waals surface area contributed by atoms with E-state index in [1.807, 2.05) is 37.3 Å². The first-order valence-corrected chi connectivity index (χ1v) is 9.44. The number of aryl methyl sites for hydroxylation is 1. The van der Waals surface area contributed by atoms with Gasteiger partial charge in [0.05, 0.1) is 18.4 Å². The predicted molar refractivity (Wildman–Crippen MR) is 116 cm³/mol. The van der Waals surface area contributed by atoms with Crippen LogP contribution in [0.15, 0.2) is 54.6 Å². The minimum Gasteiger partial charge on any atom is -0.465 e. The van der Waals surface area contributed by atoms with Gasteiger partial charge in [-0.3, -0.25) is 0 Å². The summed E-state index contributed by atoms with van der Waals surface area (Å²) in [6, 6.07) is 17.2. The SMILES string of the molecule is COC(=O)c1ccccc1Nc1cc(C)nc(Nc2ccc(C(C)(C)C)cc2)n1. The van der Waals surface area contributed by atoms with Gasteiger partial charge in [0.15, 0.2) is 0 Å². The van der Waals surface area contributed by atoms with Crippen molar-refractivity contribution >= 4 is 29.1 Å². The molecule has 1 aromatic heterocycles. The maximum atomic E-state index is 12.0. The smallest absolute Gasteiger partial charge is 0.339 e. The molecule has 3 rings (SSSR count). The Labute approximate surface area is 171 Å². The van der Waals surface area contributed by atoms with Crippen LogP contribution in [0, 0.1) is 6.92 Å². The molecule has 1 heterocycles. The Morgan fingerprint density at radius 1 is 0.966 bits per heavy atom. The number of hydrogen-bond acceptors (Lipinski definition) is 6. The van der Waals surface area contributed by atoms with Gasteiger partial charge in [-0.05, 0) is 42.2 Å². The first kappa shape index (κ1) is 20.3. The number of carbonyl (C=O) groups excluding carboxylic acids is 1. The van der Waals surface area contributed by atoms with Crippen molar-refractivity contribution in [2.24, 2.45) is 0 Å². The Kier molecular flexibility index (Phi) is 5.82. The molecular weight excluding hydrogens is 364 g/mol. The van der Waals surface area contributed by atoms with Crippen molar-refractivity contribution in [1.29, 1.82) is 0 Å². The van der Waals surface area contributed by atoms with Crippen molar-refractivity contribution in [3.05, 3.63) is 71.4 Å². The summed E-state index contributed by atoms with van der Waals surface area (Å²) in [6.07, 6.45) is 0. The number of esters is 1. The van der Waals surface area contributed by atoms with E-state index in [4.69, 9.17) is 4.74 Å². The van der Waals surface area contributed by atoms with E-state index in [2.05, 4.69) is 53.5 Å². The van der Waals surface area contributed by atoms with Crippen molar-refractivity contribution in [2.75, 3.05) is 17.7 Å². The first-order valence-electron chi connectivity index (χ1n) is 9.44. The summed E-state index contributed by atoms with van der Waals surface area (Å²) in [5.74, 6) is 0.658. The van der Waals surface area contributed by atoms with Crippen LogP contribution in [0.4, 0.5) is 23.1 Å². The number of anilines is 4. The molecule has 0 amide bonds. The Balaban J connectivity index is 1.83. The van der Waals surface area contributed by atoms with Crippen LogP contribution in [0.25, 0.3) is 0 Å². The summed E-state index contributed by atoms with van der Waals surface area (Å²) in [6.45, 7) is 8.45. The summed E-state index contributed by atoms with van der Waals surface area (Å²) in [7, 11) is 1.36. The summed E-state index contributed by atoms with van der Waals surface area (Å²) in [5, 5.41) is 6.44. The van der Waals surface area contributed by atoms with Gasteiger partial charge in [0.2, 0.25) is 5.95 Å². The Bertz CT molecular complexity index is 1010. The molecule has 0 unspecified atom stereocenters.